The Morgan fingerprint density at radius 3 is 2.38 bits per heavy atom. The van der Waals surface area contributed by atoms with Gasteiger partial charge in [-0.15, -0.1) is 0 Å². The van der Waals surface area contributed by atoms with Gasteiger partial charge in [0.05, 0.1) is 19.8 Å². The van der Waals surface area contributed by atoms with Crippen molar-refractivity contribution < 1.29 is 14.9 Å². The van der Waals surface area contributed by atoms with Crippen molar-refractivity contribution in [1.82, 2.24) is 4.90 Å². The second-order valence-corrected chi connectivity index (χ2v) is 3.35. The number of aliphatic hydroxyl groups is 2. The van der Waals surface area contributed by atoms with E-state index in [2.05, 4.69) is 4.90 Å². The molecular weight excluding hydrogens is 170 g/mol. The van der Waals surface area contributed by atoms with E-state index in [-0.39, 0.29) is 13.2 Å². The van der Waals surface area contributed by atoms with E-state index in [0.717, 1.165) is 26.1 Å². The van der Waals surface area contributed by atoms with Crippen molar-refractivity contribution in [2.75, 3.05) is 39.5 Å². The van der Waals surface area contributed by atoms with Gasteiger partial charge in [0, 0.05) is 25.7 Å². The Morgan fingerprint density at radius 1 is 1.23 bits per heavy atom. The molecule has 1 atom stereocenters. The molecule has 0 radical (unpaired) electrons. The zero-order chi connectivity index (χ0) is 9.52. The van der Waals surface area contributed by atoms with Gasteiger partial charge in [-0.1, -0.05) is 0 Å². The van der Waals surface area contributed by atoms with E-state index >= 15 is 0 Å². The van der Waals surface area contributed by atoms with E-state index in [0.29, 0.717) is 19.1 Å². The first-order chi connectivity index (χ1) is 6.38. The lowest BCUT2D eigenvalue weighted by Gasteiger charge is -2.33. The molecule has 4 nitrogen and oxygen atoms in total. The average Bonchev–Trinajstić information content (AvgIpc) is 2.19. The molecule has 2 N–H and O–H groups in total. The quantitative estimate of drug-likeness (QED) is 0.609. The van der Waals surface area contributed by atoms with Gasteiger partial charge in [0.15, 0.2) is 0 Å². The first-order valence-corrected chi connectivity index (χ1v) is 4.92. The van der Waals surface area contributed by atoms with Gasteiger partial charge < -0.3 is 14.9 Å². The predicted octanol–water partition coefficient (Wildman–Crippen LogP) is -0.548. The fourth-order valence-electron chi connectivity index (χ4n) is 1.75. The Balaban J connectivity index is 2.32. The SMILES string of the molecule is OCCN(CCO)C1CCCOC1. The van der Waals surface area contributed by atoms with Crippen molar-refractivity contribution in [3.8, 4) is 0 Å². The van der Waals surface area contributed by atoms with Crippen LogP contribution in [0.25, 0.3) is 0 Å². The van der Waals surface area contributed by atoms with E-state index in [1.54, 1.807) is 0 Å². The summed E-state index contributed by atoms with van der Waals surface area (Å²) in [6.45, 7) is 3.15. The molecule has 1 rings (SSSR count). The molecule has 1 aliphatic heterocycles. The van der Waals surface area contributed by atoms with Crippen LogP contribution in [0.3, 0.4) is 0 Å². The molecule has 1 heterocycles. The predicted molar refractivity (Wildman–Crippen MR) is 49.6 cm³/mol. The molecule has 0 bridgehead atoms. The monoisotopic (exact) mass is 189 g/mol. The van der Waals surface area contributed by atoms with Gasteiger partial charge in [0.2, 0.25) is 0 Å². The van der Waals surface area contributed by atoms with Gasteiger partial charge in [0.1, 0.15) is 0 Å². The lowest BCUT2D eigenvalue weighted by molar-refractivity contribution is 0.00649. The molecule has 1 unspecified atom stereocenters. The van der Waals surface area contributed by atoms with Gasteiger partial charge in [-0.25, -0.2) is 0 Å². The van der Waals surface area contributed by atoms with Crippen molar-refractivity contribution >= 4 is 0 Å². The molecule has 1 aliphatic rings. The van der Waals surface area contributed by atoms with Crippen LogP contribution in [0, 0.1) is 0 Å². The standard InChI is InChI=1S/C9H19NO3/c11-5-3-10(4-6-12)9-2-1-7-13-8-9/h9,11-12H,1-8H2. The highest BCUT2D eigenvalue weighted by Crippen LogP contribution is 2.12. The lowest BCUT2D eigenvalue weighted by Crippen LogP contribution is -2.44. The molecule has 0 aromatic heterocycles. The third-order valence-electron chi connectivity index (χ3n) is 2.43. The summed E-state index contributed by atoms with van der Waals surface area (Å²) < 4.78 is 5.35. The molecule has 0 amide bonds. The van der Waals surface area contributed by atoms with Crippen LogP contribution in [-0.2, 0) is 4.74 Å². The Kier molecular flexibility index (Phi) is 5.31. The Bertz CT molecular complexity index is 120. The second kappa shape index (κ2) is 6.32. The maximum absolute atomic E-state index is 8.83. The third kappa shape index (κ3) is 3.60. The molecule has 0 aliphatic carbocycles. The maximum atomic E-state index is 8.83. The molecule has 13 heavy (non-hydrogen) atoms. The molecule has 4 heteroatoms. The number of ether oxygens (including phenoxy) is 1. The van der Waals surface area contributed by atoms with Crippen molar-refractivity contribution in [2.45, 2.75) is 18.9 Å². The summed E-state index contributed by atoms with van der Waals surface area (Å²) in [6, 6.07) is 0.382. The van der Waals surface area contributed by atoms with Crippen molar-refractivity contribution in [2.24, 2.45) is 0 Å². The number of nitrogens with zero attached hydrogens (tertiary/aromatic N) is 1. The van der Waals surface area contributed by atoms with E-state index in [4.69, 9.17) is 14.9 Å². The van der Waals surface area contributed by atoms with Crippen LogP contribution in [0.15, 0.2) is 0 Å². The van der Waals surface area contributed by atoms with E-state index < -0.39 is 0 Å². The van der Waals surface area contributed by atoms with E-state index in [9.17, 15) is 0 Å². The van der Waals surface area contributed by atoms with Crippen LogP contribution in [-0.4, -0.2) is 60.7 Å². The highest BCUT2D eigenvalue weighted by Gasteiger charge is 2.20. The number of aliphatic hydroxyl groups excluding tert-OH is 2. The summed E-state index contributed by atoms with van der Waals surface area (Å²) in [5, 5.41) is 17.7. The fraction of sp³-hybridized carbons (Fsp3) is 1.00. The van der Waals surface area contributed by atoms with Crippen LogP contribution < -0.4 is 0 Å². The highest BCUT2D eigenvalue weighted by atomic mass is 16.5. The molecule has 0 aromatic rings. The fourth-order valence-corrected chi connectivity index (χ4v) is 1.75. The van der Waals surface area contributed by atoms with Crippen molar-refractivity contribution in [3.63, 3.8) is 0 Å². The smallest absolute Gasteiger partial charge is 0.0621 e. The summed E-state index contributed by atoms with van der Waals surface area (Å²) in [5.41, 5.74) is 0. The molecule has 1 saturated heterocycles. The third-order valence-corrected chi connectivity index (χ3v) is 2.43. The minimum absolute atomic E-state index is 0.149. The number of rotatable bonds is 5. The van der Waals surface area contributed by atoms with Gasteiger partial charge in [-0.2, -0.15) is 0 Å². The average molecular weight is 189 g/mol. The normalized spacial score (nSPS) is 23.8. The summed E-state index contributed by atoms with van der Waals surface area (Å²) in [5.74, 6) is 0. The first-order valence-electron chi connectivity index (χ1n) is 4.92. The van der Waals surface area contributed by atoms with Gasteiger partial charge in [0.25, 0.3) is 0 Å². The second-order valence-electron chi connectivity index (χ2n) is 3.35. The van der Waals surface area contributed by atoms with Crippen LogP contribution in [0.1, 0.15) is 12.8 Å². The molecular formula is C9H19NO3. The zero-order valence-corrected chi connectivity index (χ0v) is 7.98. The molecule has 0 spiro atoms. The Labute approximate surface area is 79.1 Å². The van der Waals surface area contributed by atoms with E-state index in [1.807, 2.05) is 0 Å². The highest BCUT2D eigenvalue weighted by molar-refractivity contribution is 4.73. The lowest BCUT2D eigenvalue weighted by atomic mass is 10.1. The Morgan fingerprint density at radius 2 is 1.92 bits per heavy atom. The molecule has 78 valence electrons. The topological polar surface area (TPSA) is 52.9 Å². The summed E-state index contributed by atoms with van der Waals surface area (Å²) in [6.07, 6.45) is 2.19. The van der Waals surface area contributed by atoms with E-state index in [1.165, 1.54) is 0 Å². The molecule has 0 saturated carbocycles. The summed E-state index contributed by atoms with van der Waals surface area (Å²) >= 11 is 0. The Hall–Kier alpha value is -0.160. The maximum Gasteiger partial charge on any atom is 0.0621 e. The zero-order valence-electron chi connectivity index (χ0n) is 7.98. The van der Waals surface area contributed by atoms with Gasteiger partial charge >= 0.3 is 0 Å². The first kappa shape index (κ1) is 10.9. The minimum Gasteiger partial charge on any atom is -0.395 e. The summed E-state index contributed by atoms with van der Waals surface area (Å²) in [4.78, 5) is 2.10. The summed E-state index contributed by atoms with van der Waals surface area (Å²) in [7, 11) is 0. The number of hydrogen-bond donors (Lipinski definition) is 2. The van der Waals surface area contributed by atoms with Crippen molar-refractivity contribution in [1.29, 1.82) is 0 Å². The van der Waals surface area contributed by atoms with Crippen LogP contribution in [0.2, 0.25) is 0 Å². The number of hydrogen-bond acceptors (Lipinski definition) is 4. The molecule has 0 aromatic carbocycles. The minimum atomic E-state index is 0.149. The van der Waals surface area contributed by atoms with Crippen LogP contribution in [0.5, 0.6) is 0 Å². The van der Waals surface area contributed by atoms with Gasteiger partial charge in [-0.3, -0.25) is 4.90 Å². The van der Waals surface area contributed by atoms with Crippen molar-refractivity contribution in [3.05, 3.63) is 0 Å². The van der Waals surface area contributed by atoms with Crippen LogP contribution >= 0.6 is 0 Å². The largest absolute Gasteiger partial charge is 0.395 e. The van der Waals surface area contributed by atoms with Gasteiger partial charge in [-0.05, 0) is 12.8 Å². The van der Waals surface area contributed by atoms with Crippen LogP contribution in [0.4, 0.5) is 0 Å². The molecule has 1 fully saturated rings.